The summed E-state index contributed by atoms with van der Waals surface area (Å²) in [6.07, 6.45) is 12.2. The number of benzene rings is 1. The van der Waals surface area contributed by atoms with E-state index < -0.39 is 0 Å². The second-order valence-electron chi connectivity index (χ2n) is 6.53. The van der Waals surface area contributed by atoms with E-state index in [1.165, 1.54) is 38.1 Å². The van der Waals surface area contributed by atoms with Crippen LogP contribution in [0, 0.1) is 5.92 Å². The van der Waals surface area contributed by atoms with Gasteiger partial charge >= 0.3 is 0 Å². The Morgan fingerprint density at radius 1 is 1.17 bits per heavy atom. The number of dihydropyridines is 1. The van der Waals surface area contributed by atoms with Crippen LogP contribution in [-0.4, -0.2) is 0 Å². The molecule has 1 aliphatic carbocycles. The highest BCUT2D eigenvalue weighted by Gasteiger charge is 2.29. The highest BCUT2D eigenvalue weighted by atomic mass is 79.9. The van der Waals surface area contributed by atoms with E-state index in [0.717, 1.165) is 6.42 Å². The van der Waals surface area contributed by atoms with Crippen LogP contribution >= 0.6 is 15.9 Å². The lowest BCUT2D eigenvalue weighted by molar-refractivity contribution is 0.671. The molecule has 116 valence electrons. The van der Waals surface area contributed by atoms with Gasteiger partial charge in [0.15, 0.2) is 0 Å². The van der Waals surface area contributed by atoms with E-state index in [1.54, 1.807) is 0 Å². The summed E-state index contributed by atoms with van der Waals surface area (Å²) in [5.74, 6) is 0.908. The minimum Gasteiger partial charge on any atom is -0.355 e. The summed E-state index contributed by atoms with van der Waals surface area (Å²) in [7, 11) is 0. The van der Waals surface area contributed by atoms with Crippen molar-refractivity contribution in [1.82, 2.24) is 5.32 Å². The number of allylic oxidation sites excluding steroid dienone is 8. The van der Waals surface area contributed by atoms with Gasteiger partial charge in [0.05, 0.1) is 0 Å². The summed E-state index contributed by atoms with van der Waals surface area (Å²) in [5.41, 5.74) is 8.03. The lowest BCUT2D eigenvalue weighted by Crippen LogP contribution is -2.17. The third kappa shape index (κ3) is 2.46. The lowest BCUT2D eigenvalue weighted by atomic mass is 9.79. The monoisotopic (exact) mass is 365 g/mol. The van der Waals surface area contributed by atoms with E-state index >= 15 is 0 Å². The molecule has 23 heavy (non-hydrogen) atoms. The van der Waals surface area contributed by atoms with Crippen LogP contribution in [0.5, 0.6) is 0 Å². The fourth-order valence-corrected chi connectivity index (χ4v) is 4.24. The third-order valence-corrected chi connectivity index (χ3v) is 5.59. The second kappa shape index (κ2) is 5.68. The summed E-state index contributed by atoms with van der Waals surface area (Å²) in [6, 6.07) is 8.76. The van der Waals surface area contributed by atoms with Crippen molar-refractivity contribution in [1.29, 1.82) is 0 Å². The molecule has 2 atom stereocenters. The molecule has 0 spiro atoms. The maximum Gasteiger partial charge on any atom is 0.0460 e. The van der Waals surface area contributed by atoms with Gasteiger partial charge in [-0.1, -0.05) is 66.2 Å². The molecule has 2 heteroatoms. The molecule has 0 fully saturated rings. The zero-order chi connectivity index (χ0) is 16.0. The minimum atomic E-state index is 0.370. The van der Waals surface area contributed by atoms with Gasteiger partial charge in [-0.3, -0.25) is 0 Å². The van der Waals surface area contributed by atoms with Crippen molar-refractivity contribution < 1.29 is 0 Å². The van der Waals surface area contributed by atoms with Crippen LogP contribution in [0.4, 0.5) is 0 Å². The number of fused-ring (bicyclic) bond motifs is 4. The summed E-state index contributed by atoms with van der Waals surface area (Å²) >= 11 is 3.67. The fraction of sp³-hybridized carbons (Fsp3) is 0.238. The zero-order valence-electron chi connectivity index (χ0n) is 13.4. The van der Waals surface area contributed by atoms with Crippen molar-refractivity contribution in [2.45, 2.75) is 26.2 Å². The van der Waals surface area contributed by atoms with Crippen LogP contribution in [0.15, 0.2) is 76.0 Å². The molecule has 2 heterocycles. The van der Waals surface area contributed by atoms with Crippen LogP contribution in [0.1, 0.15) is 37.3 Å². The maximum atomic E-state index is 3.67. The van der Waals surface area contributed by atoms with E-state index in [-0.39, 0.29) is 0 Å². The lowest BCUT2D eigenvalue weighted by Gasteiger charge is -2.27. The Morgan fingerprint density at radius 2 is 2.00 bits per heavy atom. The average molecular weight is 366 g/mol. The van der Waals surface area contributed by atoms with Crippen LogP contribution < -0.4 is 5.32 Å². The van der Waals surface area contributed by atoms with Crippen molar-refractivity contribution in [2.24, 2.45) is 5.92 Å². The van der Waals surface area contributed by atoms with Gasteiger partial charge in [-0.2, -0.15) is 0 Å². The zero-order valence-corrected chi connectivity index (χ0v) is 15.0. The van der Waals surface area contributed by atoms with Crippen molar-refractivity contribution >= 4 is 21.6 Å². The smallest absolute Gasteiger partial charge is 0.0460 e. The molecule has 0 aromatic heterocycles. The van der Waals surface area contributed by atoms with Gasteiger partial charge in [0.25, 0.3) is 0 Å². The predicted octanol–water partition coefficient (Wildman–Crippen LogP) is 5.80. The first-order valence-corrected chi connectivity index (χ1v) is 9.01. The molecule has 1 aromatic carbocycles. The number of rotatable bonds is 1. The molecule has 2 aliphatic heterocycles. The Hall–Kier alpha value is -1.80. The van der Waals surface area contributed by atoms with Gasteiger partial charge in [0, 0.05) is 27.4 Å². The van der Waals surface area contributed by atoms with Gasteiger partial charge in [-0.25, -0.2) is 0 Å². The molecule has 1 N–H and O–H groups in total. The first kappa shape index (κ1) is 14.8. The normalized spacial score (nSPS) is 25.8. The molecule has 2 unspecified atom stereocenters. The molecule has 1 nitrogen and oxygen atoms in total. The van der Waals surface area contributed by atoms with Crippen LogP contribution in [0.25, 0.3) is 5.70 Å². The van der Waals surface area contributed by atoms with Crippen LogP contribution in [-0.2, 0) is 0 Å². The standard InChI is InChI=1S/C21H20BrN/c1-13-10-11-15(22)12-18(13)21-14(2)16-6-3-4-7-17(16)19-8-5-9-20(21)23-19/h3-9,11-14,23H,10H2,1-2H3. The van der Waals surface area contributed by atoms with Gasteiger partial charge in [0.1, 0.15) is 0 Å². The predicted molar refractivity (Wildman–Crippen MR) is 101 cm³/mol. The molecule has 3 aliphatic rings. The maximum absolute atomic E-state index is 3.67. The Morgan fingerprint density at radius 3 is 2.87 bits per heavy atom. The number of hydrogen-bond donors (Lipinski definition) is 1. The van der Waals surface area contributed by atoms with E-state index in [0.29, 0.717) is 11.8 Å². The molecule has 2 bridgehead atoms. The SMILES string of the molecule is CC1CC=C(Br)C=C1C1=C2C=CC=C(N2)c2ccccc2C1C. The molecule has 4 rings (SSSR count). The molecule has 1 aromatic rings. The fourth-order valence-electron chi connectivity index (χ4n) is 3.81. The van der Waals surface area contributed by atoms with Gasteiger partial charge in [-0.15, -0.1) is 0 Å². The quantitative estimate of drug-likeness (QED) is 0.662. The number of nitrogens with one attached hydrogen (secondary N) is 1. The Balaban J connectivity index is 1.95. The largest absolute Gasteiger partial charge is 0.355 e. The summed E-state index contributed by atoms with van der Waals surface area (Å²) < 4.78 is 1.19. The minimum absolute atomic E-state index is 0.370. The van der Waals surface area contributed by atoms with Gasteiger partial charge in [-0.05, 0) is 47.3 Å². The molecule has 0 saturated heterocycles. The van der Waals surface area contributed by atoms with Crippen LogP contribution in [0.3, 0.4) is 0 Å². The summed E-state index contributed by atoms with van der Waals surface area (Å²) in [6.45, 7) is 4.65. The summed E-state index contributed by atoms with van der Waals surface area (Å²) in [5, 5.41) is 3.66. The Kier molecular flexibility index (Phi) is 3.65. The average Bonchev–Trinajstić information content (AvgIpc) is 2.65. The highest BCUT2D eigenvalue weighted by Crippen LogP contribution is 2.43. The van der Waals surface area contributed by atoms with Gasteiger partial charge in [0.2, 0.25) is 0 Å². The Labute approximate surface area is 146 Å². The van der Waals surface area contributed by atoms with Crippen molar-refractivity contribution in [3.63, 3.8) is 0 Å². The number of hydrogen-bond acceptors (Lipinski definition) is 1. The molecule has 0 saturated carbocycles. The second-order valence-corrected chi connectivity index (χ2v) is 7.44. The molecular formula is C21H20BrN. The Bertz CT molecular complexity index is 820. The highest BCUT2D eigenvalue weighted by molar-refractivity contribution is 9.11. The van der Waals surface area contributed by atoms with E-state index in [2.05, 4.69) is 89.7 Å². The first-order chi connectivity index (χ1) is 11.1. The van der Waals surface area contributed by atoms with E-state index in [4.69, 9.17) is 0 Å². The number of halogens is 1. The molecule has 0 amide bonds. The molecule has 0 radical (unpaired) electrons. The summed E-state index contributed by atoms with van der Waals surface area (Å²) in [4.78, 5) is 0. The van der Waals surface area contributed by atoms with Crippen molar-refractivity contribution in [3.8, 4) is 0 Å². The topological polar surface area (TPSA) is 12.0 Å². The van der Waals surface area contributed by atoms with Crippen molar-refractivity contribution in [2.75, 3.05) is 0 Å². The first-order valence-electron chi connectivity index (χ1n) is 8.21. The third-order valence-electron chi connectivity index (χ3n) is 5.04. The van der Waals surface area contributed by atoms with Crippen LogP contribution in [0.2, 0.25) is 0 Å². The van der Waals surface area contributed by atoms with Gasteiger partial charge < -0.3 is 5.32 Å². The van der Waals surface area contributed by atoms with Crippen molar-refractivity contribution in [3.05, 3.63) is 87.1 Å². The molecular weight excluding hydrogens is 346 g/mol. The van der Waals surface area contributed by atoms with E-state index in [9.17, 15) is 0 Å². The van der Waals surface area contributed by atoms with E-state index in [1.807, 2.05) is 0 Å².